The monoisotopic (exact) mass is 391 g/mol. The third-order valence-electron chi connectivity index (χ3n) is 4.71. The van der Waals surface area contributed by atoms with Crippen LogP contribution in [-0.4, -0.2) is 32.5 Å². The molecular weight excluding hydrogens is 375 g/mol. The van der Waals surface area contributed by atoms with Gasteiger partial charge in [0.05, 0.1) is 30.5 Å². The first-order valence-electron chi connectivity index (χ1n) is 8.64. The van der Waals surface area contributed by atoms with Crippen molar-refractivity contribution < 1.29 is 22.7 Å². The lowest BCUT2D eigenvalue weighted by atomic mass is 9.85. The molecule has 28 heavy (non-hydrogen) atoms. The summed E-state index contributed by atoms with van der Waals surface area (Å²) in [6.07, 6.45) is 0.401. The minimum Gasteiger partial charge on any atom is -0.497 e. The van der Waals surface area contributed by atoms with E-state index in [-0.39, 0.29) is 34.5 Å². The third-order valence-corrected chi connectivity index (χ3v) is 4.71. The molecule has 7 nitrogen and oxygen atoms in total. The molecule has 1 fully saturated rings. The van der Waals surface area contributed by atoms with Gasteiger partial charge in [-0.05, 0) is 25.0 Å². The number of alkyl halides is 3. The maximum Gasteiger partial charge on any atom is 0.450 e. The Balaban J connectivity index is 1.72. The number of hydrogen-bond acceptors (Lipinski definition) is 5. The van der Waals surface area contributed by atoms with Gasteiger partial charge in [0.15, 0.2) is 11.6 Å². The maximum atomic E-state index is 13.5. The molecule has 146 valence electrons. The van der Waals surface area contributed by atoms with E-state index in [0.29, 0.717) is 5.75 Å². The number of carbonyl (C=O) groups is 1. The van der Waals surface area contributed by atoms with Gasteiger partial charge in [-0.15, -0.1) is 0 Å². The number of halogens is 3. The predicted octanol–water partition coefficient (Wildman–Crippen LogP) is 3.58. The number of carbonyl (C=O) groups excluding carboxylic acids is 1. The lowest BCUT2D eigenvalue weighted by Crippen LogP contribution is -2.28. The van der Waals surface area contributed by atoms with Gasteiger partial charge >= 0.3 is 6.18 Å². The molecule has 1 saturated carbocycles. The van der Waals surface area contributed by atoms with E-state index in [1.54, 1.807) is 6.07 Å². The lowest BCUT2D eigenvalue weighted by molar-refractivity contribution is -0.145. The van der Waals surface area contributed by atoms with Crippen LogP contribution in [0.3, 0.4) is 0 Å². The van der Waals surface area contributed by atoms with Crippen molar-refractivity contribution in [1.29, 1.82) is 0 Å². The van der Waals surface area contributed by atoms with Crippen LogP contribution in [0.2, 0.25) is 0 Å². The van der Waals surface area contributed by atoms with Crippen LogP contribution in [0.15, 0.2) is 30.6 Å². The number of anilines is 1. The summed E-state index contributed by atoms with van der Waals surface area (Å²) >= 11 is 0. The van der Waals surface area contributed by atoms with E-state index in [9.17, 15) is 18.0 Å². The average Bonchev–Trinajstić information content (AvgIpc) is 2.99. The largest absolute Gasteiger partial charge is 0.497 e. The van der Waals surface area contributed by atoms with E-state index in [2.05, 4.69) is 20.3 Å². The molecular formula is C18H16F3N5O2. The number of imidazole rings is 1. The molecule has 1 aliphatic rings. The number of ether oxygens (including phenoxy) is 1. The first kappa shape index (κ1) is 18.2. The van der Waals surface area contributed by atoms with E-state index in [1.165, 1.54) is 31.6 Å². The van der Waals surface area contributed by atoms with E-state index < -0.39 is 12.0 Å². The fourth-order valence-electron chi connectivity index (χ4n) is 3.01. The Hall–Kier alpha value is -3.17. The van der Waals surface area contributed by atoms with Gasteiger partial charge < -0.3 is 10.1 Å². The van der Waals surface area contributed by atoms with Crippen LogP contribution >= 0.6 is 0 Å². The fraction of sp³-hybridized carbons (Fsp3) is 0.333. The third kappa shape index (κ3) is 3.25. The van der Waals surface area contributed by atoms with Crippen molar-refractivity contribution in [2.24, 2.45) is 5.92 Å². The second-order valence-electron chi connectivity index (χ2n) is 6.50. The first-order chi connectivity index (χ1) is 13.4. The highest BCUT2D eigenvalue weighted by Gasteiger charge is 2.38. The molecule has 0 aliphatic heterocycles. The zero-order chi connectivity index (χ0) is 19.9. The standard InChI is InChI=1S/C18H16F3N5O2/c1-28-11-5-6-13-12(7-11)24-17(18(19,20)21)26(13)15-9-22-14(8-23-15)25-16(27)10-3-2-4-10/h5-10H,2-4H2,1H3,(H,22,25,27). The van der Waals surface area contributed by atoms with E-state index in [0.717, 1.165) is 23.8 Å². The van der Waals surface area contributed by atoms with Gasteiger partial charge in [0.25, 0.3) is 0 Å². The van der Waals surface area contributed by atoms with Crippen molar-refractivity contribution in [1.82, 2.24) is 19.5 Å². The van der Waals surface area contributed by atoms with Crippen LogP contribution in [0.1, 0.15) is 25.1 Å². The highest BCUT2D eigenvalue weighted by Crippen LogP contribution is 2.34. The molecule has 0 saturated heterocycles. The molecule has 0 radical (unpaired) electrons. The Morgan fingerprint density at radius 2 is 2.04 bits per heavy atom. The molecule has 2 aromatic heterocycles. The summed E-state index contributed by atoms with van der Waals surface area (Å²) in [4.78, 5) is 23.8. The molecule has 1 amide bonds. The number of amides is 1. The maximum absolute atomic E-state index is 13.5. The van der Waals surface area contributed by atoms with Crippen molar-refractivity contribution in [3.63, 3.8) is 0 Å². The summed E-state index contributed by atoms with van der Waals surface area (Å²) in [6, 6.07) is 4.44. The number of fused-ring (bicyclic) bond motifs is 1. The van der Waals surface area contributed by atoms with Crippen LogP contribution in [-0.2, 0) is 11.0 Å². The summed E-state index contributed by atoms with van der Waals surface area (Å²) in [6.45, 7) is 0. The quantitative estimate of drug-likeness (QED) is 0.735. The van der Waals surface area contributed by atoms with Gasteiger partial charge in [0, 0.05) is 12.0 Å². The highest BCUT2D eigenvalue weighted by molar-refractivity contribution is 5.92. The van der Waals surface area contributed by atoms with Gasteiger partial charge in [-0.1, -0.05) is 6.42 Å². The summed E-state index contributed by atoms with van der Waals surface area (Å²) in [5.74, 6) is -0.764. The first-order valence-corrected chi connectivity index (χ1v) is 8.64. The van der Waals surface area contributed by atoms with Gasteiger partial charge in [0.2, 0.25) is 11.7 Å². The van der Waals surface area contributed by atoms with Crippen molar-refractivity contribution >= 4 is 22.8 Å². The number of hydrogen-bond donors (Lipinski definition) is 1. The fourth-order valence-corrected chi connectivity index (χ4v) is 3.01. The number of rotatable bonds is 4. The molecule has 1 N–H and O–H groups in total. The normalized spacial score (nSPS) is 14.7. The highest BCUT2D eigenvalue weighted by atomic mass is 19.4. The topological polar surface area (TPSA) is 81.9 Å². The molecule has 10 heteroatoms. The number of benzene rings is 1. The van der Waals surface area contributed by atoms with Gasteiger partial charge in [-0.25, -0.2) is 15.0 Å². The predicted molar refractivity (Wildman–Crippen MR) is 94.2 cm³/mol. The zero-order valence-electron chi connectivity index (χ0n) is 14.8. The van der Waals surface area contributed by atoms with E-state index in [4.69, 9.17) is 4.74 Å². The van der Waals surface area contributed by atoms with Crippen molar-refractivity contribution in [3.05, 3.63) is 36.4 Å². The molecule has 3 aromatic rings. The number of nitrogens with zero attached hydrogens (tertiary/aromatic N) is 4. The zero-order valence-corrected chi connectivity index (χ0v) is 14.8. The van der Waals surface area contributed by atoms with Crippen LogP contribution in [0.4, 0.5) is 19.0 Å². The summed E-state index contributed by atoms with van der Waals surface area (Å²) < 4.78 is 46.5. The average molecular weight is 391 g/mol. The van der Waals surface area contributed by atoms with Crippen molar-refractivity contribution in [3.8, 4) is 11.6 Å². The van der Waals surface area contributed by atoms with Gasteiger partial charge in [0.1, 0.15) is 5.75 Å². The molecule has 2 heterocycles. The van der Waals surface area contributed by atoms with E-state index >= 15 is 0 Å². The van der Waals surface area contributed by atoms with Crippen molar-refractivity contribution in [2.75, 3.05) is 12.4 Å². The SMILES string of the molecule is COc1ccc2c(c1)nc(C(F)(F)F)n2-c1cnc(NC(=O)C2CCC2)cn1. The summed E-state index contributed by atoms with van der Waals surface area (Å²) in [5, 5.41) is 2.64. The van der Waals surface area contributed by atoms with Crippen LogP contribution in [0.25, 0.3) is 16.9 Å². The number of methoxy groups -OCH3 is 1. The van der Waals surface area contributed by atoms with Gasteiger partial charge in [-0.2, -0.15) is 13.2 Å². The Morgan fingerprint density at radius 3 is 2.61 bits per heavy atom. The lowest BCUT2D eigenvalue weighted by Gasteiger charge is -2.23. The molecule has 0 unspecified atom stereocenters. The molecule has 0 atom stereocenters. The second-order valence-corrected chi connectivity index (χ2v) is 6.50. The Bertz CT molecular complexity index is 1030. The van der Waals surface area contributed by atoms with Crippen LogP contribution < -0.4 is 10.1 Å². The number of aromatic nitrogens is 4. The molecule has 1 aliphatic carbocycles. The van der Waals surface area contributed by atoms with Crippen molar-refractivity contribution in [2.45, 2.75) is 25.4 Å². The molecule has 0 spiro atoms. The van der Waals surface area contributed by atoms with Crippen LogP contribution in [0, 0.1) is 5.92 Å². The minimum absolute atomic E-state index is 0.0362. The van der Waals surface area contributed by atoms with E-state index in [1.807, 2.05) is 0 Å². The summed E-state index contributed by atoms with van der Waals surface area (Å²) in [5.41, 5.74) is 0.338. The smallest absolute Gasteiger partial charge is 0.450 e. The van der Waals surface area contributed by atoms with Crippen LogP contribution in [0.5, 0.6) is 5.75 Å². The second kappa shape index (κ2) is 6.77. The van der Waals surface area contributed by atoms with Gasteiger partial charge in [-0.3, -0.25) is 9.36 Å². The minimum atomic E-state index is -4.69. The Labute approximate surface area is 157 Å². The Morgan fingerprint density at radius 1 is 1.25 bits per heavy atom. The Kier molecular flexibility index (Phi) is 4.40. The number of nitrogens with one attached hydrogen (secondary N) is 1. The molecule has 0 bridgehead atoms. The molecule has 4 rings (SSSR count). The summed E-state index contributed by atoms with van der Waals surface area (Å²) in [7, 11) is 1.42. The molecule has 1 aromatic carbocycles.